The minimum Gasteiger partial charge on any atom is -0.454 e. The molecule has 142 valence electrons. The van der Waals surface area contributed by atoms with E-state index in [1.54, 1.807) is 30.3 Å². The highest BCUT2D eigenvalue weighted by Crippen LogP contribution is 2.32. The maximum atomic E-state index is 11.8. The molecule has 7 nitrogen and oxygen atoms in total. The molecule has 0 radical (unpaired) electrons. The topological polar surface area (TPSA) is 85.9 Å². The summed E-state index contributed by atoms with van der Waals surface area (Å²) < 4.78 is 15.6. The summed E-state index contributed by atoms with van der Waals surface area (Å²) in [6.45, 7) is -0.0356. The van der Waals surface area contributed by atoms with Gasteiger partial charge < -0.3 is 24.8 Å². The van der Waals surface area contributed by atoms with Crippen molar-refractivity contribution in [3.8, 4) is 11.5 Å². The molecule has 1 heterocycles. The van der Waals surface area contributed by atoms with Crippen LogP contribution in [0.4, 0.5) is 5.69 Å². The van der Waals surface area contributed by atoms with Crippen LogP contribution in [0.5, 0.6) is 11.5 Å². The smallest absolute Gasteiger partial charge is 0.250 e. The van der Waals surface area contributed by atoms with Crippen molar-refractivity contribution in [2.24, 2.45) is 0 Å². The average molecular weight is 411 g/mol. The fourth-order valence-electron chi connectivity index (χ4n) is 2.33. The highest BCUT2D eigenvalue weighted by Gasteiger charge is 2.14. The molecule has 3 rings (SSSR count). The maximum absolute atomic E-state index is 11.8. The molecule has 2 amide bonds. The third-order valence-electron chi connectivity index (χ3n) is 3.62. The molecular formula is C18H16Cl2N2O5. The molecule has 0 unspecified atom stereocenters. The number of benzene rings is 2. The van der Waals surface area contributed by atoms with Crippen LogP contribution in [0.15, 0.2) is 36.4 Å². The maximum Gasteiger partial charge on any atom is 0.250 e. The quantitative estimate of drug-likeness (QED) is 0.732. The van der Waals surface area contributed by atoms with E-state index in [1.165, 1.54) is 0 Å². The van der Waals surface area contributed by atoms with Crippen molar-refractivity contribution < 1.29 is 23.8 Å². The number of fused-ring (bicyclic) bond motifs is 1. The standard InChI is InChI=1S/C18H16Cl2N2O5/c19-12-2-1-3-13(18(12)20)22-17(24)9-25-8-16(23)21-7-11-4-5-14-15(6-11)27-10-26-14/h1-6H,7-10H2,(H,21,23)(H,22,24). The number of carbonyl (C=O) groups is 2. The zero-order valence-electron chi connectivity index (χ0n) is 14.1. The van der Waals surface area contributed by atoms with Gasteiger partial charge in [-0.15, -0.1) is 0 Å². The van der Waals surface area contributed by atoms with Crippen molar-refractivity contribution in [1.82, 2.24) is 5.32 Å². The molecule has 1 aliphatic rings. The number of amides is 2. The van der Waals surface area contributed by atoms with Crippen molar-refractivity contribution in [2.45, 2.75) is 6.54 Å². The van der Waals surface area contributed by atoms with Gasteiger partial charge >= 0.3 is 0 Å². The van der Waals surface area contributed by atoms with Gasteiger partial charge in [-0.1, -0.05) is 35.3 Å². The lowest BCUT2D eigenvalue weighted by Gasteiger charge is -2.09. The van der Waals surface area contributed by atoms with Crippen molar-refractivity contribution in [1.29, 1.82) is 0 Å². The molecule has 9 heteroatoms. The number of rotatable bonds is 7. The zero-order valence-corrected chi connectivity index (χ0v) is 15.6. The van der Waals surface area contributed by atoms with Crippen molar-refractivity contribution in [3.05, 3.63) is 52.0 Å². The largest absolute Gasteiger partial charge is 0.454 e. The number of nitrogens with one attached hydrogen (secondary N) is 2. The summed E-state index contributed by atoms with van der Waals surface area (Å²) in [6.07, 6.45) is 0. The van der Waals surface area contributed by atoms with E-state index in [1.807, 2.05) is 6.07 Å². The van der Waals surface area contributed by atoms with Crippen LogP contribution in [0.1, 0.15) is 5.56 Å². The summed E-state index contributed by atoms with van der Waals surface area (Å²) in [5, 5.41) is 5.84. The van der Waals surface area contributed by atoms with Gasteiger partial charge in [0.1, 0.15) is 13.2 Å². The monoisotopic (exact) mass is 410 g/mol. The Labute approximate surface area is 165 Å². The Balaban J connectivity index is 1.38. The number of hydrogen-bond acceptors (Lipinski definition) is 5. The molecular weight excluding hydrogens is 395 g/mol. The molecule has 2 aromatic carbocycles. The van der Waals surface area contributed by atoms with E-state index in [-0.39, 0.29) is 30.9 Å². The highest BCUT2D eigenvalue weighted by molar-refractivity contribution is 6.43. The van der Waals surface area contributed by atoms with Gasteiger partial charge in [-0.25, -0.2) is 0 Å². The van der Waals surface area contributed by atoms with Gasteiger partial charge in [-0.2, -0.15) is 0 Å². The molecule has 0 atom stereocenters. The van der Waals surface area contributed by atoms with Crippen LogP contribution < -0.4 is 20.1 Å². The second-order valence-electron chi connectivity index (χ2n) is 5.61. The second kappa shape index (κ2) is 8.94. The van der Waals surface area contributed by atoms with E-state index >= 15 is 0 Å². The molecule has 0 bridgehead atoms. The molecule has 0 fully saturated rings. The molecule has 2 aromatic rings. The van der Waals surface area contributed by atoms with Gasteiger partial charge in [-0.05, 0) is 29.8 Å². The Bertz CT molecular complexity index is 860. The van der Waals surface area contributed by atoms with Crippen molar-refractivity contribution in [2.75, 3.05) is 25.3 Å². The lowest BCUT2D eigenvalue weighted by Crippen LogP contribution is -2.29. The second-order valence-corrected chi connectivity index (χ2v) is 6.39. The van der Waals surface area contributed by atoms with E-state index in [4.69, 9.17) is 37.4 Å². The van der Waals surface area contributed by atoms with Gasteiger partial charge in [0.05, 0.1) is 15.7 Å². The first-order chi connectivity index (χ1) is 13.0. The van der Waals surface area contributed by atoms with Gasteiger partial charge in [0.15, 0.2) is 11.5 Å². The molecule has 0 aromatic heterocycles. The first kappa shape index (κ1) is 19.3. The molecule has 0 saturated carbocycles. The predicted molar refractivity (Wildman–Crippen MR) is 100 cm³/mol. The van der Waals surface area contributed by atoms with E-state index in [0.717, 1.165) is 5.56 Å². The Hall–Kier alpha value is -2.48. The number of carbonyl (C=O) groups excluding carboxylic acids is 2. The first-order valence-electron chi connectivity index (χ1n) is 8.00. The third-order valence-corrected chi connectivity index (χ3v) is 4.44. The minimum absolute atomic E-state index is 0.196. The normalized spacial score (nSPS) is 11.9. The Kier molecular flexibility index (Phi) is 6.39. The van der Waals surface area contributed by atoms with Crippen LogP contribution in [0.2, 0.25) is 10.0 Å². The molecule has 0 spiro atoms. The van der Waals surface area contributed by atoms with Crippen LogP contribution in [0, 0.1) is 0 Å². The van der Waals surface area contributed by atoms with Gasteiger partial charge in [-0.3, -0.25) is 9.59 Å². The first-order valence-corrected chi connectivity index (χ1v) is 8.75. The fourth-order valence-corrected chi connectivity index (χ4v) is 2.67. The predicted octanol–water partition coefficient (Wildman–Crippen LogP) is 2.99. The molecule has 0 aliphatic carbocycles. The Morgan fingerprint density at radius 1 is 1.04 bits per heavy atom. The Morgan fingerprint density at radius 3 is 2.67 bits per heavy atom. The lowest BCUT2D eigenvalue weighted by atomic mass is 10.2. The highest BCUT2D eigenvalue weighted by atomic mass is 35.5. The average Bonchev–Trinajstić information content (AvgIpc) is 3.11. The zero-order chi connectivity index (χ0) is 19.2. The van der Waals surface area contributed by atoms with E-state index in [2.05, 4.69) is 10.6 Å². The summed E-state index contributed by atoms with van der Waals surface area (Å²) in [6, 6.07) is 10.3. The fraction of sp³-hybridized carbons (Fsp3) is 0.222. The van der Waals surface area contributed by atoms with Gasteiger partial charge in [0.2, 0.25) is 18.6 Å². The van der Waals surface area contributed by atoms with Crippen LogP contribution >= 0.6 is 23.2 Å². The van der Waals surface area contributed by atoms with Crippen LogP contribution in [-0.2, 0) is 20.9 Å². The van der Waals surface area contributed by atoms with Gasteiger partial charge in [0, 0.05) is 6.54 Å². The summed E-state index contributed by atoms with van der Waals surface area (Å²) in [5.41, 5.74) is 1.24. The van der Waals surface area contributed by atoms with Crippen LogP contribution in [-0.4, -0.2) is 31.8 Å². The third kappa shape index (κ3) is 5.26. The summed E-state index contributed by atoms with van der Waals surface area (Å²) >= 11 is 11.9. The van der Waals surface area contributed by atoms with E-state index in [0.29, 0.717) is 28.8 Å². The van der Waals surface area contributed by atoms with E-state index < -0.39 is 5.91 Å². The SMILES string of the molecule is O=C(COCC(=O)Nc1cccc(Cl)c1Cl)NCc1ccc2c(c1)OCO2. The van der Waals surface area contributed by atoms with Crippen LogP contribution in [0.25, 0.3) is 0 Å². The molecule has 1 aliphatic heterocycles. The Morgan fingerprint density at radius 2 is 1.81 bits per heavy atom. The van der Waals surface area contributed by atoms with E-state index in [9.17, 15) is 9.59 Å². The molecule has 27 heavy (non-hydrogen) atoms. The van der Waals surface area contributed by atoms with Crippen LogP contribution in [0.3, 0.4) is 0 Å². The lowest BCUT2D eigenvalue weighted by molar-refractivity contribution is -0.128. The number of hydrogen-bond donors (Lipinski definition) is 2. The molecule has 2 N–H and O–H groups in total. The summed E-state index contributed by atoms with van der Waals surface area (Å²) in [7, 11) is 0. The minimum atomic E-state index is -0.442. The summed E-state index contributed by atoms with van der Waals surface area (Å²) in [5.74, 6) is 0.539. The van der Waals surface area contributed by atoms with Gasteiger partial charge in [0.25, 0.3) is 0 Å². The number of anilines is 1. The number of halogens is 2. The number of ether oxygens (including phenoxy) is 3. The summed E-state index contributed by atoms with van der Waals surface area (Å²) in [4.78, 5) is 23.7. The molecule has 0 saturated heterocycles. The van der Waals surface area contributed by atoms with Crippen molar-refractivity contribution in [3.63, 3.8) is 0 Å². The van der Waals surface area contributed by atoms with Crippen molar-refractivity contribution >= 4 is 40.7 Å².